The van der Waals surface area contributed by atoms with Crippen molar-refractivity contribution in [2.24, 2.45) is 0 Å². The summed E-state index contributed by atoms with van der Waals surface area (Å²) in [4.78, 5) is -0.857. The van der Waals surface area contributed by atoms with Crippen molar-refractivity contribution in [1.82, 2.24) is 0 Å². The maximum Gasteiger partial charge on any atom is 0.267 e. The van der Waals surface area contributed by atoms with Crippen LogP contribution >= 0.6 is 0 Å². The summed E-state index contributed by atoms with van der Waals surface area (Å²) in [5.41, 5.74) is 2.27. The Labute approximate surface area is 132 Å². The quantitative estimate of drug-likeness (QED) is 0.784. The molecule has 0 unspecified atom stereocenters. The van der Waals surface area contributed by atoms with Crippen LogP contribution in [-0.2, 0) is 16.4 Å². The molecule has 3 nitrogen and oxygen atoms in total. The third-order valence-electron chi connectivity index (χ3n) is 3.85. The molecule has 0 radical (unpaired) electrons. The van der Waals surface area contributed by atoms with E-state index < -0.39 is 32.4 Å². The molecule has 1 aliphatic rings. The zero-order chi connectivity index (χ0) is 16.8. The first-order valence-electron chi connectivity index (χ1n) is 7.07. The Morgan fingerprint density at radius 3 is 2.43 bits per heavy atom. The van der Waals surface area contributed by atoms with Crippen LogP contribution in [0, 0.1) is 24.4 Å². The molecule has 7 heteroatoms. The van der Waals surface area contributed by atoms with E-state index in [9.17, 15) is 21.6 Å². The highest BCUT2D eigenvalue weighted by Crippen LogP contribution is 2.33. The van der Waals surface area contributed by atoms with Gasteiger partial charge in [-0.3, -0.25) is 4.31 Å². The number of hydrogen-bond donors (Lipinski definition) is 0. The van der Waals surface area contributed by atoms with E-state index in [1.807, 2.05) is 13.0 Å². The van der Waals surface area contributed by atoms with Crippen molar-refractivity contribution in [1.29, 1.82) is 0 Å². The highest BCUT2D eigenvalue weighted by atomic mass is 32.2. The third kappa shape index (κ3) is 2.69. The molecule has 0 fully saturated rings. The lowest BCUT2D eigenvalue weighted by Crippen LogP contribution is -2.36. The van der Waals surface area contributed by atoms with Crippen molar-refractivity contribution in [3.63, 3.8) is 0 Å². The predicted octanol–water partition coefficient (Wildman–Crippen LogP) is 3.55. The molecule has 0 saturated carbocycles. The molecule has 3 rings (SSSR count). The zero-order valence-corrected chi connectivity index (χ0v) is 13.1. The lowest BCUT2D eigenvalue weighted by Gasteiger charge is -2.30. The van der Waals surface area contributed by atoms with Crippen molar-refractivity contribution in [2.45, 2.75) is 24.7 Å². The second kappa shape index (κ2) is 5.56. The molecule has 0 spiro atoms. The van der Waals surface area contributed by atoms with Gasteiger partial charge in [-0.2, -0.15) is 0 Å². The SMILES string of the molecule is Cc1ccc2c(c1)CCCN2S(=O)(=O)c1cc(F)c(F)cc1F. The number of benzene rings is 2. The minimum Gasteiger partial charge on any atom is -0.266 e. The van der Waals surface area contributed by atoms with Crippen LogP contribution in [0.5, 0.6) is 0 Å². The maximum atomic E-state index is 13.9. The highest BCUT2D eigenvalue weighted by Gasteiger charge is 2.32. The second-order valence-electron chi connectivity index (χ2n) is 5.51. The first-order chi connectivity index (χ1) is 10.8. The number of nitrogens with zero attached hydrogens (tertiary/aromatic N) is 1. The molecule has 0 amide bonds. The Kier molecular flexibility index (Phi) is 3.83. The number of anilines is 1. The van der Waals surface area contributed by atoms with Crippen molar-refractivity contribution >= 4 is 15.7 Å². The third-order valence-corrected chi connectivity index (χ3v) is 5.68. The molecule has 0 aliphatic carbocycles. The van der Waals surface area contributed by atoms with Crippen molar-refractivity contribution < 1.29 is 21.6 Å². The van der Waals surface area contributed by atoms with Gasteiger partial charge in [-0.05, 0) is 31.4 Å². The van der Waals surface area contributed by atoms with E-state index in [0.29, 0.717) is 24.6 Å². The number of halogens is 3. The normalized spacial score (nSPS) is 14.7. The lowest BCUT2D eigenvalue weighted by molar-refractivity contribution is 0.481. The Morgan fingerprint density at radius 2 is 1.70 bits per heavy atom. The highest BCUT2D eigenvalue weighted by molar-refractivity contribution is 7.92. The molecular weight excluding hydrogens is 327 g/mol. The van der Waals surface area contributed by atoms with Gasteiger partial charge in [0.15, 0.2) is 11.6 Å². The summed E-state index contributed by atoms with van der Waals surface area (Å²) in [5.74, 6) is -4.12. The first-order valence-corrected chi connectivity index (χ1v) is 8.51. The molecule has 1 heterocycles. The van der Waals surface area contributed by atoms with Gasteiger partial charge in [0.05, 0.1) is 5.69 Å². The van der Waals surface area contributed by atoms with Crippen molar-refractivity contribution in [2.75, 3.05) is 10.8 Å². The van der Waals surface area contributed by atoms with Gasteiger partial charge in [-0.1, -0.05) is 17.7 Å². The smallest absolute Gasteiger partial charge is 0.266 e. The average molecular weight is 341 g/mol. The summed E-state index contributed by atoms with van der Waals surface area (Å²) in [5, 5.41) is 0. The van der Waals surface area contributed by atoms with E-state index in [-0.39, 0.29) is 12.6 Å². The first kappa shape index (κ1) is 15.9. The van der Waals surface area contributed by atoms with Crippen LogP contribution in [0.1, 0.15) is 17.5 Å². The Balaban J connectivity index is 2.14. The van der Waals surface area contributed by atoms with Gasteiger partial charge in [0, 0.05) is 18.7 Å². The monoisotopic (exact) mass is 341 g/mol. The molecule has 0 N–H and O–H groups in total. The second-order valence-corrected chi connectivity index (χ2v) is 7.34. The number of sulfonamides is 1. The summed E-state index contributed by atoms with van der Waals surface area (Å²) in [6.07, 6.45) is 1.28. The zero-order valence-electron chi connectivity index (χ0n) is 12.3. The van der Waals surface area contributed by atoms with Crippen LogP contribution in [0.25, 0.3) is 0 Å². The fourth-order valence-electron chi connectivity index (χ4n) is 2.76. The fourth-order valence-corrected chi connectivity index (χ4v) is 4.36. The van der Waals surface area contributed by atoms with E-state index in [2.05, 4.69) is 0 Å². The Hall–Kier alpha value is -2.02. The van der Waals surface area contributed by atoms with Crippen LogP contribution in [0.3, 0.4) is 0 Å². The standard InChI is InChI=1S/C16H14F3NO2S/c1-10-4-5-15-11(7-10)3-2-6-20(15)23(21,22)16-9-13(18)12(17)8-14(16)19/h4-5,7-9H,2-3,6H2,1H3. The largest absolute Gasteiger partial charge is 0.267 e. The minimum absolute atomic E-state index is 0.164. The van der Waals surface area contributed by atoms with Gasteiger partial charge in [-0.15, -0.1) is 0 Å². The van der Waals surface area contributed by atoms with E-state index in [0.717, 1.165) is 15.4 Å². The summed E-state index contributed by atoms with van der Waals surface area (Å²) in [7, 11) is -4.31. The van der Waals surface area contributed by atoms with Gasteiger partial charge in [0.25, 0.3) is 10.0 Å². The van der Waals surface area contributed by atoms with Crippen LogP contribution < -0.4 is 4.31 Å². The molecular formula is C16H14F3NO2S. The predicted molar refractivity (Wildman–Crippen MR) is 80.3 cm³/mol. The fraction of sp³-hybridized carbons (Fsp3) is 0.250. The van der Waals surface area contributed by atoms with Crippen molar-refractivity contribution in [3.05, 3.63) is 58.9 Å². The van der Waals surface area contributed by atoms with Gasteiger partial charge >= 0.3 is 0 Å². The average Bonchev–Trinajstić information content (AvgIpc) is 2.49. The topological polar surface area (TPSA) is 37.4 Å². The molecule has 0 bridgehead atoms. The number of fused-ring (bicyclic) bond motifs is 1. The Bertz CT molecular complexity index is 881. The molecule has 0 aromatic heterocycles. The number of hydrogen-bond acceptors (Lipinski definition) is 2. The van der Waals surface area contributed by atoms with Gasteiger partial charge in [-0.25, -0.2) is 21.6 Å². The van der Waals surface area contributed by atoms with E-state index in [1.165, 1.54) is 0 Å². The summed E-state index contributed by atoms with van der Waals surface area (Å²) in [6.45, 7) is 2.06. The molecule has 0 saturated heterocycles. The van der Waals surface area contributed by atoms with Crippen LogP contribution in [0.15, 0.2) is 35.2 Å². The van der Waals surface area contributed by atoms with Crippen LogP contribution in [-0.4, -0.2) is 15.0 Å². The molecule has 0 atom stereocenters. The molecule has 23 heavy (non-hydrogen) atoms. The Morgan fingerprint density at radius 1 is 1.00 bits per heavy atom. The van der Waals surface area contributed by atoms with E-state index >= 15 is 0 Å². The molecule has 122 valence electrons. The molecule has 1 aliphatic heterocycles. The summed E-state index contributed by atoms with van der Waals surface area (Å²) in [6, 6.07) is 5.93. The minimum atomic E-state index is -4.31. The number of aryl methyl sites for hydroxylation is 2. The molecule has 2 aromatic rings. The van der Waals surface area contributed by atoms with Crippen LogP contribution in [0.2, 0.25) is 0 Å². The maximum absolute atomic E-state index is 13.9. The van der Waals surface area contributed by atoms with Gasteiger partial charge in [0.2, 0.25) is 0 Å². The lowest BCUT2D eigenvalue weighted by atomic mass is 10.0. The molecule has 2 aromatic carbocycles. The van der Waals surface area contributed by atoms with E-state index in [4.69, 9.17) is 0 Å². The van der Waals surface area contributed by atoms with E-state index in [1.54, 1.807) is 12.1 Å². The van der Waals surface area contributed by atoms with Gasteiger partial charge < -0.3 is 0 Å². The number of rotatable bonds is 2. The van der Waals surface area contributed by atoms with Gasteiger partial charge in [0.1, 0.15) is 10.7 Å². The summed E-state index contributed by atoms with van der Waals surface area (Å²) >= 11 is 0. The van der Waals surface area contributed by atoms with Crippen LogP contribution in [0.4, 0.5) is 18.9 Å². The summed E-state index contributed by atoms with van der Waals surface area (Å²) < 4.78 is 66.8. The van der Waals surface area contributed by atoms with Crippen molar-refractivity contribution in [3.8, 4) is 0 Å².